The maximum absolute atomic E-state index is 12.2. The molecule has 1 aromatic carbocycles. The van der Waals surface area contributed by atoms with Gasteiger partial charge >= 0.3 is 6.09 Å². The fraction of sp³-hybridized carbons (Fsp3) is 0.353. The second-order valence-electron chi connectivity index (χ2n) is 6.15. The quantitative estimate of drug-likeness (QED) is 0.428. The van der Waals surface area contributed by atoms with Gasteiger partial charge in [0.1, 0.15) is 12.4 Å². The van der Waals surface area contributed by atoms with Gasteiger partial charge in [0.2, 0.25) is 11.7 Å². The number of nitrogens with zero attached hydrogens (tertiary/aromatic N) is 3. The van der Waals surface area contributed by atoms with Gasteiger partial charge in [-0.3, -0.25) is 0 Å². The third-order valence-corrected chi connectivity index (χ3v) is 4.54. The van der Waals surface area contributed by atoms with E-state index in [0.29, 0.717) is 37.2 Å². The molecule has 0 radical (unpaired) electrons. The van der Waals surface area contributed by atoms with Gasteiger partial charge in [0, 0.05) is 12.6 Å². The fourth-order valence-corrected chi connectivity index (χ4v) is 3.50. The maximum atomic E-state index is 12.2. The van der Waals surface area contributed by atoms with Crippen LogP contribution in [0, 0.1) is 5.21 Å². The SMILES string of the molecule is O=C(O)NCCC[C@H]1COCc2nc3c[n+]([O-])c4ccccc4c3n21. The van der Waals surface area contributed by atoms with Crippen LogP contribution in [0.1, 0.15) is 24.7 Å². The minimum absolute atomic E-state index is 0.0650. The molecule has 0 fully saturated rings. The van der Waals surface area contributed by atoms with Gasteiger partial charge in [0.25, 0.3) is 0 Å². The van der Waals surface area contributed by atoms with E-state index in [0.717, 1.165) is 27.9 Å². The van der Waals surface area contributed by atoms with E-state index in [9.17, 15) is 10.0 Å². The molecule has 25 heavy (non-hydrogen) atoms. The first-order chi connectivity index (χ1) is 12.1. The van der Waals surface area contributed by atoms with E-state index in [1.54, 1.807) is 6.07 Å². The number of fused-ring (bicyclic) bond motifs is 5. The predicted octanol–water partition coefficient (Wildman–Crippen LogP) is 1.94. The molecule has 1 aliphatic heterocycles. The van der Waals surface area contributed by atoms with Crippen LogP contribution < -0.4 is 10.0 Å². The second-order valence-corrected chi connectivity index (χ2v) is 6.15. The monoisotopic (exact) mass is 342 g/mol. The Bertz CT molecular complexity index is 953. The van der Waals surface area contributed by atoms with Crippen LogP contribution in [-0.4, -0.2) is 33.9 Å². The average Bonchev–Trinajstić information content (AvgIpc) is 2.97. The van der Waals surface area contributed by atoms with Crippen molar-refractivity contribution in [1.82, 2.24) is 14.9 Å². The summed E-state index contributed by atoms with van der Waals surface area (Å²) in [6.45, 7) is 1.35. The van der Waals surface area contributed by atoms with Crippen LogP contribution in [0.2, 0.25) is 0 Å². The zero-order chi connectivity index (χ0) is 17.4. The number of carbonyl (C=O) groups is 1. The molecular formula is C17H18N4O4. The number of rotatable bonds is 4. The summed E-state index contributed by atoms with van der Waals surface area (Å²) in [6, 6.07) is 7.54. The Labute approximate surface area is 143 Å². The molecule has 3 aromatic rings. The molecule has 0 saturated carbocycles. The third kappa shape index (κ3) is 2.74. The largest absolute Gasteiger partial charge is 0.618 e. The molecule has 0 spiro atoms. The number of ether oxygens (including phenoxy) is 1. The first-order valence-corrected chi connectivity index (χ1v) is 8.21. The molecule has 8 heteroatoms. The number of imidazole rings is 1. The predicted molar refractivity (Wildman–Crippen MR) is 90.2 cm³/mol. The molecule has 0 aliphatic carbocycles. The number of amides is 1. The molecule has 8 nitrogen and oxygen atoms in total. The van der Waals surface area contributed by atoms with Gasteiger partial charge in [0.15, 0.2) is 5.52 Å². The summed E-state index contributed by atoms with van der Waals surface area (Å²) in [4.78, 5) is 15.2. The van der Waals surface area contributed by atoms with Gasteiger partial charge in [-0.25, -0.2) is 9.78 Å². The lowest BCUT2D eigenvalue weighted by molar-refractivity contribution is -0.575. The minimum atomic E-state index is -1.01. The highest BCUT2D eigenvalue weighted by atomic mass is 16.5. The summed E-state index contributed by atoms with van der Waals surface area (Å²) in [5, 5.41) is 24.2. The van der Waals surface area contributed by atoms with Crippen molar-refractivity contribution in [2.75, 3.05) is 13.2 Å². The molecule has 1 atom stereocenters. The lowest BCUT2D eigenvalue weighted by atomic mass is 10.1. The van der Waals surface area contributed by atoms with Crippen LogP contribution >= 0.6 is 0 Å². The van der Waals surface area contributed by atoms with Crippen molar-refractivity contribution in [3.05, 3.63) is 41.5 Å². The molecule has 2 aromatic heterocycles. The van der Waals surface area contributed by atoms with Crippen molar-refractivity contribution in [1.29, 1.82) is 0 Å². The first kappa shape index (κ1) is 15.6. The van der Waals surface area contributed by atoms with E-state index < -0.39 is 6.09 Å². The van der Waals surface area contributed by atoms with Crippen molar-refractivity contribution in [2.24, 2.45) is 0 Å². The number of hydrogen-bond donors (Lipinski definition) is 2. The van der Waals surface area contributed by atoms with Crippen LogP contribution in [0.4, 0.5) is 4.79 Å². The zero-order valence-corrected chi connectivity index (χ0v) is 13.5. The molecule has 4 rings (SSSR count). The summed E-state index contributed by atoms with van der Waals surface area (Å²) in [7, 11) is 0. The van der Waals surface area contributed by atoms with Crippen molar-refractivity contribution in [2.45, 2.75) is 25.5 Å². The van der Waals surface area contributed by atoms with Crippen LogP contribution in [0.25, 0.3) is 21.9 Å². The van der Waals surface area contributed by atoms with Gasteiger partial charge < -0.3 is 24.9 Å². The van der Waals surface area contributed by atoms with E-state index in [-0.39, 0.29) is 6.04 Å². The Balaban J connectivity index is 1.76. The van der Waals surface area contributed by atoms with Crippen molar-refractivity contribution in [3.8, 4) is 0 Å². The molecule has 1 aliphatic rings. The smallest absolute Gasteiger partial charge is 0.404 e. The number of aromatic nitrogens is 3. The van der Waals surface area contributed by atoms with Crippen LogP contribution in [0.15, 0.2) is 30.5 Å². The number of nitrogens with one attached hydrogen (secondary N) is 1. The Morgan fingerprint density at radius 1 is 1.48 bits per heavy atom. The van der Waals surface area contributed by atoms with E-state index in [4.69, 9.17) is 9.84 Å². The summed E-state index contributed by atoms with van der Waals surface area (Å²) in [6.07, 6.45) is 1.96. The molecular weight excluding hydrogens is 324 g/mol. The molecule has 0 unspecified atom stereocenters. The Morgan fingerprint density at radius 2 is 2.32 bits per heavy atom. The number of carboxylic acid groups (broad SMARTS) is 1. The lowest BCUT2D eigenvalue weighted by Gasteiger charge is -2.26. The maximum Gasteiger partial charge on any atom is 0.404 e. The van der Waals surface area contributed by atoms with E-state index in [1.807, 2.05) is 18.2 Å². The highest BCUT2D eigenvalue weighted by molar-refractivity contribution is 6.00. The normalized spacial score (nSPS) is 16.9. The van der Waals surface area contributed by atoms with Gasteiger partial charge in [-0.2, -0.15) is 4.73 Å². The van der Waals surface area contributed by atoms with E-state index >= 15 is 0 Å². The van der Waals surface area contributed by atoms with E-state index in [2.05, 4.69) is 14.9 Å². The number of pyridine rings is 1. The molecule has 0 bridgehead atoms. The number of para-hydroxylation sites is 1. The van der Waals surface area contributed by atoms with Gasteiger partial charge in [-0.1, -0.05) is 12.1 Å². The Hall–Kier alpha value is -2.87. The van der Waals surface area contributed by atoms with Crippen LogP contribution in [-0.2, 0) is 11.3 Å². The minimum Gasteiger partial charge on any atom is -0.618 e. The van der Waals surface area contributed by atoms with Crippen LogP contribution in [0.3, 0.4) is 0 Å². The average molecular weight is 342 g/mol. The molecule has 3 heterocycles. The topological polar surface area (TPSA) is 103 Å². The zero-order valence-electron chi connectivity index (χ0n) is 13.5. The fourth-order valence-electron chi connectivity index (χ4n) is 3.50. The third-order valence-electron chi connectivity index (χ3n) is 4.54. The Morgan fingerprint density at radius 3 is 3.16 bits per heavy atom. The highest BCUT2D eigenvalue weighted by Gasteiger charge is 2.26. The van der Waals surface area contributed by atoms with E-state index in [1.165, 1.54) is 6.20 Å². The van der Waals surface area contributed by atoms with Crippen molar-refractivity contribution in [3.63, 3.8) is 0 Å². The van der Waals surface area contributed by atoms with Crippen molar-refractivity contribution < 1.29 is 19.4 Å². The van der Waals surface area contributed by atoms with Crippen molar-refractivity contribution >= 4 is 28.0 Å². The molecule has 130 valence electrons. The number of hydrogen-bond acceptors (Lipinski definition) is 4. The van der Waals surface area contributed by atoms with Gasteiger partial charge in [-0.05, 0) is 18.9 Å². The van der Waals surface area contributed by atoms with Gasteiger partial charge in [-0.15, -0.1) is 0 Å². The van der Waals surface area contributed by atoms with Gasteiger partial charge in [0.05, 0.1) is 23.6 Å². The molecule has 0 saturated heterocycles. The summed E-state index contributed by atoms with van der Waals surface area (Å²) in [5.41, 5.74) is 2.20. The molecule has 2 N–H and O–H groups in total. The standard InChI is InChI=1S/C17H18N4O4/c22-17(23)18-7-3-4-11-9-25-10-15-19-13-8-20(24)14-6-2-1-5-12(14)16(13)21(11)15/h1-2,5-6,8,11,18H,3-4,7,9-10H2,(H,22,23)/t11-/m0/s1. The summed E-state index contributed by atoms with van der Waals surface area (Å²) in [5.74, 6) is 0.800. The summed E-state index contributed by atoms with van der Waals surface area (Å²) >= 11 is 0. The summed E-state index contributed by atoms with van der Waals surface area (Å²) < 4.78 is 8.66. The molecule has 1 amide bonds. The van der Waals surface area contributed by atoms with Crippen LogP contribution in [0.5, 0.6) is 0 Å². The highest BCUT2D eigenvalue weighted by Crippen LogP contribution is 2.31. The Kier molecular flexibility index (Phi) is 3.89. The second kappa shape index (κ2) is 6.21. The lowest BCUT2D eigenvalue weighted by Crippen LogP contribution is -2.28. The number of benzene rings is 1. The first-order valence-electron chi connectivity index (χ1n) is 8.21.